The molecule has 0 heterocycles. The first-order valence-corrected chi connectivity index (χ1v) is 11.5. The summed E-state index contributed by atoms with van der Waals surface area (Å²) in [7, 11) is 0. The second-order valence-corrected chi connectivity index (χ2v) is 9.40. The highest BCUT2D eigenvalue weighted by Gasteiger charge is 2.15. The normalized spacial score (nSPS) is 10.7. The van der Waals surface area contributed by atoms with E-state index in [2.05, 4.69) is 21.3 Å². The maximum Gasteiger partial charge on any atom is 0.407 e. The van der Waals surface area contributed by atoms with E-state index in [1.807, 2.05) is 0 Å². The van der Waals surface area contributed by atoms with Crippen molar-refractivity contribution in [1.82, 2.24) is 16.0 Å². The fourth-order valence-electron chi connectivity index (χ4n) is 2.61. The van der Waals surface area contributed by atoms with Crippen LogP contribution in [0.5, 0.6) is 0 Å². The summed E-state index contributed by atoms with van der Waals surface area (Å²) in [6.45, 7) is 6.12. The second kappa shape index (κ2) is 12.5. The van der Waals surface area contributed by atoms with Gasteiger partial charge in [-0.25, -0.2) is 4.79 Å². The summed E-state index contributed by atoms with van der Waals surface area (Å²) >= 11 is 17.0. The van der Waals surface area contributed by atoms with Crippen LogP contribution in [0, 0.1) is 0 Å². The van der Waals surface area contributed by atoms with Gasteiger partial charge >= 0.3 is 6.09 Å². The number of carbonyl (C=O) groups is 3. The molecule has 0 saturated heterocycles. The molecule has 0 spiro atoms. The molecular weight excluding hydrogens is 499 g/mol. The van der Waals surface area contributed by atoms with Crippen LogP contribution in [-0.4, -0.2) is 41.7 Å². The van der Waals surface area contributed by atoms with Crippen molar-refractivity contribution in [3.05, 3.63) is 63.6 Å². The number of halogens is 2. The van der Waals surface area contributed by atoms with E-state index in [9.17, 15) is 14.4 Å². The first-order chi connectivity index (χ1) is 15.9. The Morgan fingerprint density at radius 1 is 0.941 bits per heavy atom. The lowest BCUT2D eigenvalue weighted by atomic mass is 10.2. The molecule has 2 aromatic rings. The van der Waals surface area contributed by atoms with Crippen molar-refractivity contribution in [1.29, 1.82) is 0 Å². The zero-order valence-electron chi connectivity index (χ0n) is 19.0. The van der Waals surface area contributed by atoms with E-state index < -0.39 is 17.6 Å². The van der Waals surface area contributed by atoms with Crippen molar-refractivity contribution in [3.63, 3.8) is 0 Å². The van der Waals surface area contributed by atoms with Crippen LogP contribution in [0.2, 0.25) is 10.0 Å². The van der Waals surface area contributed by atoms with E-state index in [1.54, 1.807) is 51.1 Å². The average molecular weight is 525 g/mol. The van der Waals surface area contributed by atoms with Gasteiger partial charge in [0.1, 0.15) is 5.60 Å². The Morgan fingerprint density at radius 2 is 1.59 bits per heavy atom. The van der Waals surface area contributed by atoms with Crippen LogP contribution < -0.4 is 21.3 Å². The Morgan fingerprint density at radius 3 is 2.21 bits per heavy atom. The highest BCUT2D eigenvalue weighted by atomic mass is 35.5. The highest BCUT2D eigenvalue weighted by Crippen LogP contribution is 2.21. The van der Waals surface area contributed by atoms with Crippen LogP contribution in [0.1, 0.15) is 47.9 Å². The molecule has 0 fully saturated rings. The number of hydrogen-bond donors (Lipinski definition) is 4. The smallest absolute Gasteiger partial charge is 0.407 e. The van der Waals surface area contributed by atoms with Crippen LogP contribution in [0.4, 0.5) is 10.5 Å². The molecule has 11 heteroatoms. The number of thiocarbonyl (C=S) groups is 1. The lowest BCUT2D eigenvalue weighted by molar-refractivity contribution is 0.0527. The minimum absolute atomic E-state index is 0.0747. The van der Waals surface area contributed by atoms with Gasteiger partial charge in [-0.2, -0.15) is 0 Å². The van der Waals surface area contributed by atoms with E-state index in [0.717, 1.165) is 0 Å². The van der Waals surface area contributed by atoms with Gasteiger partial charge in [0.25, 0.3) is 11.8 Å². The van der Waals surface area contributed by atoms with E-state index in [1.165, 1.54) is 12.1 Å². The van der Waals surface area contributed by atoms with E-state index in [0.29, 0.717) is 35.8 Å². The van der Waals surface area contributed by atoms with Gasteiger partial charge < -0.3 is 20.7 Å². The number of ether oxygens (including phenoxy) is 1. The fraction of sp³-hybridized carbons (Fsp3) is 0.304. The molecule has 0 radical (unpaired) electrons. The van der Waals surface area contributed by atoms with Gasteiger partial charge in [-0.3, -0.25) is 14.9 Å². The Labute approximate surface area is 213 Å². The number of alkyl carbamates (subject to hydrolysis) is 1. The molecule has 0 unspecified atom stereocenters. The molecular formula is C23H26Cl2N4O4S. The molecule has 8 nitrogen and oxygen atoms in total. The van der Waals surface area contributed by atoms with Crippen LogP contribution >= 0.6 is 35.4 Å². The van der Waals surface area contributed by atoms with Gasteiger partial charge in [0.05, 0.1) is 10.6 Å². The van der Waals surface area contributed by atoms with Crippen molar-refractivity contribution in [2.45, 2.75) is 32.8 Å². The maximum atomic E-state index is 12.3. The van der Waals surface area contributed by atoms with Crippen LogP contribution in [-0.2, 0) is 4.74 Å². The number of rotatable bonds is 7. The molecule has 4 N–H and O–H groups in total. The fourth-order valence-corrected chi connectivity index (χ4v) is 3.31. The minimum Gasteiger partial charge on any atom is -0.444 e. The highest BCUT2D eigenvalue weighted by molar-refractivity contribution is 7.80. The molecule has 0 bridgehead atoms. The number of hydrogen-bond acceptors (Lipinski definition) is 5. The van der Waals surface area contributed by atoms with Crippen molar-refractivity contribution in [2.75, 3.05) is 18.4 Å². The van der Waals surface area contributed by atoms with Gasteiger partial charge in [-0.15, -0.1) is 0 Å². The average Bonchev–Trinajstić information content (AvgIpc) is 2.72. The lowest BCUT2D eigenvalue weighted by Crippen LogP contribution is -2.34. The Balaban J connectivity index is 1.75. The standard InChI is InChI=1S/C23H26Cl2N4O4S/c1-23(2,3)33-22(32)27-12-4-11-26-19(30)14-5-8-16(9-6-14)28-21(34)29-20(31)17-10-7-15(24)13-18(17)25/h5-10,13H,4,11-12H2,1-3H3,(H,26,30)(H,27,32)(H2,28,29,31,34). The summed E-state index contributed by atoms with van der Waals surface area (Å²) in [5.74, 6) is -0.728. The molecule has 0 atom stereocenters. The van der Waals surface area contributed by atoms with Gasteiger partial charge in [0.2, 0.25) is 0 Å². The van der Waals surface area contributed by atoms with Crippen molar-refractivity contribution in [3.8, 4) is 0 Å². The van der Waals surface area contributed by atoms with E-state index >= 15 is 0 Å². The Bertz CT molecular complexity index is 1060. The summed E-state index contributed by atoms with van der Waals surface area (Å²) in [6.07, 6.45) is 0.0586. The molecule has 2 rings (SSSR count). The molecule has 0 saturated carbocycles. The van der Waals surface area contributed by atoms with Crippen molar-refractivity contribution in [2.24, 2.45) is 0 Å². The summed E-state index contributed by atoms with van der Waals surface area (Å²) in [4.78, 5) is 36.2. The predicted molar refractivity (Wildman–Crippen MR) is 138 cm³/mol. The number of nitrogens with one attached hydrogen (secondary N) is 4. The molecule has 0 aliphatic carbocycles. The molecule has 0 aliphatic heterocycles. The number of benzene rings is 2. The Hall–Kier alpha value is -2.88. The molecule has 34 heavy (non-hydrogen) atoms. The van der Waals surface area contributed by atoms with Gasteiger partial charge in [0, 0.05) is 29.4 Å². The van der Waals surface area contributed by atoms with Crippen molar-refractivity contribution >= 4 is 64.1 Å². The number of amides is 3. The lowest BCUT2D eigenvalue weighted by Gasteiger charge is -2.19. The molecule has 182 valence electrons. The maximum absolute atomic E-state index is 12.3. The summed E-state index contributed by atoms with van der Waals surface area (Å²) < 4.78 is 5.14. The third-order valence-corrected chi connectivity index (χ3v) is 4.87. The quantitative estimate of drug-likeness (QED) is 0.307. The molecule has 3 amide bonds. The SMILES string of the molecule is CC(C)(C)OC(=O)NCCCNC(=O)c1ccc(NC(=S)NC(=O)c2ccc(Cl)cc2Cl)cc1. The first kappa shape index (κ1) is 27.4. The van der Waals surface area contributed by atoms with Gasteiger partial charge in [-0.1, -0.05) is 23.2 Å². The Kier molecular flexibility index (Phi) is 10.1. The van der Waals surface area contributed by atoms with Crippen LogP contribution in [0.3, 0.4) is 0 Å². The van der Waals surface area contributed by atoms with Gasteiger partial charge in [-0.05, 0) is 81.9 Å². The topological polar surface area (TPSA) is 109 Å². The van der Waals surface area contributed by atoms with Crippen molar-refractivity contribution < 1.29 is 19.1 Å². The summed E-state index contributed by atoms with van der Waals surface area (Å²) in [5, 5.41) is 11.5. The first-order valence-electron chi connectivity index (χ1n) is 10.4. The van der Waals surface area contributed by atoms with Crippen LogP contribution in [0.15, 0.2) is 42.5 Å². The number of anilines is 1. The molecule has 2 aromatic carbocycles. The zero-order valence-corrected chi connectivity index (χ0v) is 21.3. The van der Waals surface area contributed by atoms with Gasteiger partial charge in [0.15, 0.2) is 5.11 Å². The molecule has 0 aromatic heterocycles. The van der Waals surface area contributed by atoms with Crippen LogP contribution in [0.25, 0.3) is 0 Å². The summed E-state index contributed by atoms with van der Waals surface area (Å²) in [5.41, 5.74) is 0.724. The monoisotopic (exact) mass is 524 g/mol. The molecule has 0 aliphatic rings. The third-order valence-electron chi connectivity index (χ3n) is 4.12. The predicted octanol–water partition coefficient (Wildman–Crippen LogP) is 4.76. The van der Waals surface area contributed by atoms with E-state index in [-0.39, 0.29) is 21.6 Å². The summed E-state index contributed by atoms with van der Waals surface area (Å²) in [6, 6.07) is 11.1. The van der Waals surface area contributed by atoms with E-state index in [4.69, 9.17) is 40.2 Å². The largest absolute Gasteiger partial charge is 0.444 e. The zero-order chi connectivity index (χ0) is 25.3. The minimum atomic E-state index is -0.556. The second-order valence-electron chi connectivity index (χ2n) is 8.15. The third kappa shape index (κ3) is 9.54. The number of carbonyl (C=O) groups excluding carboxylic acids is 3.